The molecule has 1 saturated carbocycles. The van der Waals surface area contributed by atoms with Crippen molar-refractivity contribution in [1.29, 1.82) is 0 Å². The minimum absolute atomic E-state index is 0.300. The van der Waals surface area contributed by atoms with E-state index in [1.54, 1.807) is 6.07 Å². The van der Waals surface area contributed by atoms with Gasteiger partial charge in [0, 0.05) is 5.56 Å². The number of halogens is 1. The normalized spacial score (nSPS) is 16.7. The van der Waals surface area contributed by atoms with Gasteiger partial charge in [-0.25, -0.2) is 4.39 Å². The number of hydrogen-bond donors (Lipinski definition) is 0. The Balaban J connectivity index is 2.33. The molecule has 1 fully saturated rings. The van der Waals surface area contributed by atoms with Crippen LogP contribution >= 0.6 is 0 Å². The maximum Gasteiger partial charge on any atom is 0.150 e. The molecule has 0 aliphatic heterocycles. The Kier molecular flexibility index (Phi) is 2.13. The molecule has 0 spiro atoms. The Morgan fingerprint density at radius 3 is 2.62 bits per heavy atom. The van der Waals surface area contributed by atoms with Crippen molar-refractivity contribution in [2.45, 2.75) is 25.2 Å². The molecule has 0 saturated heterocycles. The smallest absolute Gasteiger partial charge is 0.150 e. The van der Waals surface area contributed by atoms with E-state index in [9.17, 15) is 9.18 Å². The summed E-state index contributed by atoms with van der Waals surface area (Å²) in [7, 11) is 0. The molecule has 0 radical (unpaired) electrons. The van der Waals surface area contributed by atoms with Crippen LogP contribution in [0.5, 0.6) is 0 Å². The third-order valence-electron chi connectivity index (χ3n) is 2.66. The number of carbonyl (C=O) groups excluding carboxylic acids is 1. The first-order chi connectivity index (χ1) is 6.29. The van der Waals surface area contributed by atoms with E-state index in [2.05, 4.69) is 0 Å². The van der Waals surface area contributed by atoms with Gasteiger partial charge in [-0.05, 0) is 42.5 Å². The van der Waals surface area contributed by atoms with Crippen LogP contribution in [0.3, 0.4) is 0 Å². The predicted octanol–water partition coefficient (Wildman–Crippen LogP) is 2.91. The topological polar surface area (TPSA) is 17.1 Å². The zero-order valence-electron chi connectivity index (χ0n) is 7.29. The number of rotatable bonds is 2. The number of carbonyl (C=O) groups is 1. The summed E-state index contributed by atoms with van der Waals surface area (Å²) in [5.74, 6) is 0.181. The molecule has 0 N–H and O–H groups in total. The minimum Gasteiger partial charge on any atom is -0.298 e. The molecule has 0 bridgehead atoms. The third kappa shape index (κ3) is 1.62. The third-order valence-corrected chi connectivity index (χ3v) is 2.66. The fourth-order valence-electron chi connectivity index (χ4n) is 1.68. The highest BCUT2D eigenvalue weighted by molar-refractivity contribution is 5.75. The molecule has 0 aromatic heterocycles. The van der Waals surface area contributed by atoms with E-state index in [4.69, 9.17) is 0 Å². The second-order valence-corrected chi connectivity index (χ2v) is 3.56. The summed E-state index contributed by atoms with van der Waals surface area (Å²) in [6.07, 6.45) is 4.17. The summed E-state index contributed by atoms with van der Waals surface area (Å²) in [6, 6.07) is 4.60. The van der Waals surface area contributed by atoms with Gasteiger partial charge in [-0.1, -0.05) is 6.42 Å². The average Bonchev–Trinajstić information content (AvgIpc) is 2.00. The second kappa shape index (κ2) is 3.29. The predicted molar refractivity (Wildman–Crippen MR) is 48.4 cm³/mol. The van der Waals surface area contributed by atoms with E-state index in [1.807, 2.05) is 0 Å². The van der Waals surface area contributed by atoms with Crippen LogP contribution in [0.1, 0.15) is 41.1 Å². The van der Waals surface area contributed by atoms with Crippen molar-refractivity contribution in [2.24, 2.45) is 0 Å². The van der Waals surface area contributed by atoms with E-state index in [1.165, 1.54) is 18.6 Å². The van der Waals surface area contributed by atoms with Gasteiger partial charge in [-0.15, -0.1) is 0 Å². The standard InChI is InChI=1S/C11H11FO/c12-11-5-8(7-13)4-10(6-11)9-2-1-3-9/h4-7,9H,1-3H2. The molecular weight excluding hydrogens is 167 g/mol. The van der Waals surface area contributed by atoms with Crippen LogP contribution in [0.15, 0.2) is 18.2 Å². The van der Waals surface area contributed by atoms with E-state index in [-0.39, 0.29) is 5.82 Å². The van der Waals surface area contributed by atoms with Crippen LogP contribution in [0.2, 0.25) is 0 Å². The quantitative estimate of drug-likeness (QED) is 0.636. The molecule has 0 unspecified atom stereocenters. The molecule has 1 nitrogen and oxygen atoms in total. The van der Waals surface area contributed by atoms with Crippen LogP contribution in [-0.2, 0) is 0 Å². The zero-order chi connectivity index (χ0) is 9.26. The molecular formula is C11H11FO. The highest BCUT2D eigenvalue weighted by atomic mass is 19.1. The molecule has 2 rings (SSSR count). The Bertz CT molecular complexity index is 329. The van der Waals surface area contributed by atoms with E-state index in [0.717, 1.165) is 18.4 Å². The Hall–Kier alpha value is -1.18. The van der Waals surface area contributed by atoms with E-state index >= 15 is 0 Å². The van der Waals surface area contributed by atoms with Crippen LogP contribution in [0, 0.1) is 5.82 Å². The van der Waals surface area contributed by atoms with Crippen molar-refractivity contribution in [3.63, 3.8) is 0 Å². The van der Waals surface area contributed by atoms with Gasteiger partial charge in [0.05, 0.1) is 0 Å². The van der Waals surface area contributed by atoms with Crippen molar-refractivity contribution in [3.8, 4) is 0 Å². The molecule has 13 heavy (non-hydrogen) atoms. The first-order valence-corrected chi connectivity index (χ1v) is 4.55. The number of aldehydes is 1. The monoisotopic (exact) mass is 178 g/mol. The first-order valence-electron chi connectivity index (χ1n) is 4.55. The highest BCUT2D eigenvalue weighted by Crippen LogP contribution is 2.36. The van der Waals surface area contributed by atoms with Gasteiger partial charge in [0.25, 0.3) is 0 Å². The first kappa shape index (κ1) is 8.42. The number of benzene rings is 1. The molecule has 0 atom stereocenters. The summed E-state index contributed by atoms with van der Waals surface area (Å²) in [4.78, 5) is 10.5. The van der Waals surface area contributed by atoms with Gasteiger partial charge in [-0.3, -0.25) is 4.79 Å². The average molecular weight is 178 g/mol. The van der Waals surface area contributed by atoms with Gasteiger partial charge < -0.3 is 0 Å². The molecule has 0 heterocycles. The lowest BCUT2D eigenvalue weighted by Gasteiger charge is -2.25. The van der Waals surface area contributed by atoms with Gasteiger partial charge in [0.2, 0.25) is 0 Å². The molecule has 68 valence electrons. The SMILES string of the molecule is O=Cc1cc(F)cc(C2CCC2)c1. The van der Waals surface area contributed by atoms with Gasteiger partial charge in [0.1, 0.15) is 12.1 Å². The van der Waals surface area contributed by atoms with Crippen molar-refractivity contribution in [2.75, 3.05) is 0 Å². The lowest BCUT2D eigenvalue weighted by molar-refractivity contribution is 0.112. The van der Waals surface area contributed by atoms with Crippen molar-refractivity contribution in [3.05, 3.63) is 35.1 Å². The van der Waals surface area contributed by atoms with Crippen molar-refractivity contribution in [1.82, 2.24) is 0 Å². The Labute approximate surface area is 76.6 Å². The summed E-state index contributed by atoms with van der Waals surface area (Å²) >= 11 is 0. The largest absolute Gasteiger partial charge is 0.298 e. The minimum atomic E-state index is -0.300. The number of hydrogen-bond acceptors (Lipinski definition) is 1. The zero-order valence-corrected chi connectivity index (χ0v) is 7.29. The Morgan fingerprint density at radius 1 is 1.31 bits per heavy atom. The molecule has 1 aromatic rings. The lowest BCUT2D eigenvalue weighted by Crippen LogP contribution is -2.09. The van der Waals surface area contributed by atoms with Crippen molar-refractivity contribution >= 4 is 6.29 Å². The maximum absolute atomic E-state index is 13.0. The fourth-order valence-corrected chi connectivity index (χ4v) is 1.68. The van der Waals surface area contributed by atoms with Crippen LogP contribution in [0.4, 0.5) is 4.39 Å². The molecule has 2 heteroatoms. The van der Waals surface area contributed by atoms with E-state index < -0.39 is 0 Å². The van der Waals surface area contributed by atoms with Gasteiger partial charge >= 0.3 is 0 Å². The van der Waals surface area contributed by atoms with Crippen LogP contribution < -0.4 is 0 Å². The summed E-state index contributed by atoms with van der Waals surface area (Å²) < 4.78 is 13.0. The molecule has 1 aliphatic rings. The van der Waals surface area contributed by atoms with Gasteiger partial charge in [0.15, 0.2) is 0 Å². The fraction of sp³-hybridized carbons (Fsp3) is 0.364. The van der Waals surface area contributed by atoms with Crippen LogP contribution in [0.25, 0.3) is 0 Å². The Morgan fingerprint density at radius 2 is 2.08 bits per heavy atom. The molecule has 1 aromatic carbocycles. The summed E-state index contributed by atoms with van der Waals surface area (Å²) in [5.41, 5.74) is 1.43. The lowest BCUT2D eigenvalue weighted by atomic mass is 9.80. The maximum atomic E-state index is 13.0. The van der Waals surface area contributed by atoms with Gasteiger partial charge in [-0.2, -0.15) is 0 Å². The summed E-state index contributed by atoms with van der Waals surface area (Å²) in [6.45, 7) is 0. The summed E-state index contributed by atoms with van der Waals surface area (Å²) in [5, 5.41) is 0. The second-order valence-electron chi connectivity index (χ2n) is 3.56. The van der Waals surface area contributed by atoms with Crippen LogP contribution in [-0.4, -0.2) is 6.29 Å². The van der Waals surface area contributed by atoms with Crippen molar-refractivity contribution < 1.29 is 9.18 Å². The highest BCUT2D eigenvalue weighted by Gasteiger charge is 2.20. The van der Waals surface area contributed by atoms with E-state index in [0.29, 0.717) is 17.8 Å². The molecule has 1 aliphatic carbocycles. The molecule has 0 amide bonds.